The highest BCUT2D eigenvalue weighted by molar-refractivity contribution is 5.93. The monoisotopic (exact) mass is 467 g/mol. The summed E-state index contributed by atoms with van der Waals surface area (Å²) in [6, 6.07) is 8.77. The molecule has 0 spiro atoms. The third kappa shape index (κ3) is 5.19. The van der Waals surface area contributed by atoms with Gasteiger partial charge in [-0.15, -0.1) is 29.9 Å². The molecule has 0 atom stereocenters. The minimum Gasteiger partial charge on any atom is -0.350 e. The Morgan fingerprint density at radius 3 is 2.65 bits per heavy atom. The third-order valence-electron chi connectivity index (χ3n) is 5.62. The number of benzene rings is 1. The van der Waals surface area contributed by atoms with Gasteiger partial charge < -0.3 is 15.2 Å². The van der Waals surface area contributed by atoms with Crippen LogP contribution in [0, 0.1) is 6.92 Å². The number of nitrogens with zero attached hydrogens (tertiary/aromatic N) is 5. The molecule has 1 amide bonds. The van der Waals surface area contributed by atoms with Gasteiger partial charge in [-0.3, -0.25) is 4.79 Å². The van der Waals surface area contributed by atoms with Crippen molar-refractivity contribution >= 4 is 41.8 Å². The van der Waals surface area contributed by atoms with Crippen LogP contribution in [-0.4, -0.2) is 50.1 Å². The Morgan fingerprint density at radius 2 is 1.94 bits per heavy atom. The van der Waals surface area contributed by atoms with Crippen LogP contribution in [-0.2, 0) is 6.42 Å². The van der Waals surface area contributed by atoms with Crippen LogP contribution < -0.4 is 10.6 Å². The fourth-order valence-electron chi connectivity index (χ4n) is 4.17. The zero-order valence-corrected chi connectivity index (χ0v) is 19.8. The van der Waals surface area contributed by atoms with Crippen molar-refractivity contribution in [3.05, 3.63) is 41.5 Å². The predicted octanol–water partition coefficient (Wildman–Crippen LogP) is 3.26. The molecule has 0 aliphatic carbocycles. The Bertz CT molecular complexity index is 1010. The number of fused-ring (bicyclic) bond motifs is 1. The number of amides is 1. The van der Waals surface area contributed by atoms with E-state index in [2.05, 4.69) is 45.4 Å². The maximum Gasteiger partial charge on any atom is 0.273 e. The lowest BCUT2D eigenvalue weighted by Crippen LogP contribution is -2.30. The molecule has 0 bridgehead atoms. The van der Waals surface area contributed by atoms with E-state index in [-0.39, 0.29) is 30.7 Å². The molecular weight excluding hydrogens is 437 g/mol. The maximum atomic E-state index is 12.7. The molecule has 0 radical (unpaired) electrons. The van der Waals surface area contributed by atoms with Gasteiger partial charge >= 0.3 is 0 Å². The number of piperidine rings is 1. The summed E-state index contributed by atoms with van der Waals surface area (Å²) in [5.41, 5.74) is 3.37. The van der Waals surface area contributed by atoms with Gasteiger partial charge in [0.1, 0.15) is 5.82 Å². The van der Waals surface area contributed by atoms with Crippen molar-refractivity contribution in [1.29, 1.82) is 0 Å². The van der Waals surface area contributed by atoms with E-state index < -0.39 is 0 Å². The second-order valence-electron chi connectivity index (χ2n) is 7.94. The van der Waals surface area contributed by atoms with Crippen LogP contribution in [0.2, 0.25) is 0 Å². The summed E-state index contributed by atoms with van der Waals surface area (Å²) in [6.07, 6.45) is 2.69. The summed E-state index contributed by atoms with van der Waals surface area (Å²) in [7, 11) is 0. The molecule has 1 aliphatic heterocycles. The normalized spacial score (nSPS) is 14.3. The highest BCUT2D eigenvalue weighted by atomic mass is 35.5. The van der Waals surface area contributed by atoms with Crippen molar-refractivity contribution in [3.63, 3.8) is 0 Å². The van der Waals surface area contributed by atoms with E-state index in [9.17, 15) is 4.79 Å². The Labute approximate surface area is 195 Å². The zero-order valence-electron chi connectivity index (χ0n) is 18.2. The van der Waals surface area contributed by atoms with Crippen molar-refractivity contribution in [2.75, 3.05) is 19.6 Å². The van der Waals surface area contributed by atoms with Gasteiger partial charge in [0.15, 0.2) is 5.69 Å². The average molecular weight is 468 g/mol. The molecule has 3 aromatic rings. The second kappa shape index (κ2) is 10.9. The molecule has 0 unspecified atom stereocenters. The number of aromatic nitrogens is 5. The molecule has 3 heterocycles. The van der Waals surface area contributed by atoms with Gasteiger partial charge in [-0.1, -0.05) is 17.3 Å². The smallest absolute Gasteiger partial charge is 0.273 e. The summed E-state index contributed by atoms with van der Waals surface area (Å²) in [5.74, 6) is 0.812. The SMILES string of the molecule is Cc1c(C(=O)NCCc2nc3ccccc3n2C(C)C)nnn1C1CCNCC1.Cl.Cl. The molecule has 170 valence electrons. The Hall–Kier alpha value is -2.16. The quantitative estimate of drug-likeness (QED) is 0.580. The van der Waals surface area contributed by atoms with E-state index in [0.29, 0.717) is 30.7 Å². The number of imidazole rings is 1. The van der Waals surface area contributed by atoms with E-state index in [1.165, 1.54) is 0 Å². The fraction of sp³-hybridized carbons (Fsp3) is 0.524. The number of carbonyl (C=O) groups excluding carboxylic acids is 1. The lowest BCUT2D eigenvalue weighted by Gasteiger charge is -2.23. The van der Waals surface area contributed by atoms with Gasteiger partial charge in [-0.25, -0.2) is 9.67 Å². The zero-order chi connectivity index (χ0) is 20.4. The lowest BCUT2D eigenvalue weighted by atomic mass is 10.1. The summed E-state index contributed by atoms with van der Waals surface area (Å²) < 4.78 is 4.15. The third-order valence-corrected chi connectivity index (χ3v) is 5.62. The maximum absolute atomic E-state index is 12.7. The van der Waals surface area contributed by atoms with E-state index >= 15 is 0 Å². The van der Waals surface area contributed by atoms with E-state index in [1.54, 1.807) is 0 Å². The number of hydrogen-bond donors (Lipinski definition) is 2. The van der Waals surface area contributed by atoms with Crippen LogP contribution in [0.25, 0.3) is 11.0 Å². The van der Waals surface area contributed by atoms with E-state index in [0.717, 1.165) is 48.5 Å². The first kappa shape index (κ1) is 25.1. The number of hydrogen-bond acceptors (Lipinski definition) is 5. The van der Waals surface area contributed by atoms with Gasteiger partial charge in [-0.2, -0.15) is 0 Å². The molecule has 1 saturated heterocycles. The molecule has 4 rings (SSSR count). The second-order valence-corrected chi connectivity index (χ2v) is 7.94. The first-order valence-electron chi connectivity index (χ1n) is 10.4. The first-order chi connectivity index (χ1) is 14.1. The van der Waals surface area contributed by atoms with Crippen LogP contribution in [0.15, 0.2) is 24.3 Å². The molecule has 8 nitrogen and oxygen atoms in total. The van der Waals surface area contributed by atoms with Gasteiger partial charge in [0.25, 0.3) is 5.91 Å². The molecule has 1 fully saturated rings. The van der Waals surface area contributed by atoms with Crippen molar-refractivity contribution in [2.24, 2.45) is 0 Å². The van der Waals surface area contributed by atoms with Gasteiger partial charge in [0.05, 0.1) is 22.8 Å². The first-order valence-corrected chi connectivity index (χ1v) is 10.4. The summed E-state index contributed by atoms with van der Waals surface area (Å²) in [6.45, 7) is 8.69. The molecule has 1 aromatic carbocycles. The average Bonchev–Trinajstić information content (AvgIpc) is 3.29. The number of para-hydroxylation sites is 2. The van der Waals surface area contributed by atoms with Gasteiger partial charge in [0, 0.05) is 19.0 Å². The fourth-order valence-corrected chi connectivity index (χ4v) is 4.17. The summed E-state index contributed by atoms with van der Waals surface area (Å²) in [4.78, 5) is 17.4. The highest BCUT2D eigenvalue weighted by Gasteiger charge is 2.23. The van der Waals surface area contributed by atoms with Crippen molar-refractivity contribution in [1.82, 2.24) is 35.2 Å². The molecule has 31 heavy (non-hydrogen) atoms. The standard InChI is InChI=1S/C21H29N7O.2ClH/c1-14(2)27-18-7-5-4-6-17(18)24-19(27)10-13-23-21(29)20-15(3)28(26-25-20)16-8-11-22-12-9-16;;/h4-7,14,16,22H,8-13H2,1-3H3,(H,23,29);2*1H. The summed E-state index contributed by atoms with van der Waals surface area (Å²) in [5, 5.41) is 14.8. The topological polar surface area (TPSA) is 89.7 Å². The van der Waals surface area contributed by atoms with Gasteiger partial charge in [-0.05, 0) is 58.8 Å². The van der Waals surface area contributed by atoms with Crippen molar-refractivity contribution in [2.45, 2.75) is 52.1 Å². The van der Waals surface area contributed by atoms with Crippen LogP contribution in [0.1, 0.15) is 60.8 Å². The largest absolute Gasteiger partial charge is 0.350 e. The number of carbonyl (C=O) groups is 1. The van der Waals surface area contributed by atoms with Crippen LogP contribution in [0.3, 0.4) is 0 Å². The number of nitrogens with one attached hydrogen (secondary N) is 2. The number of halogens is 2. The van der Waals surface area contributed by atoms with E-state index in [1.807, 2.05) is 29.8 Å². The van der Waals surface area contributed by atoms with Crippen LogP contribution in [0.5, 0.6) is 0 Å². The number of rotatable bonds is 6. The van der Waals surface area contributed by atoms with Crippen molar-refractivity contribution in [3.8, 4) is 0 Å². The molecule has 10 heteroatoms. The van der Waals surface area contributed by atoms with Crippen LogP contribution in [0.4, 0.5) is 0 Å². The van der Waals surface area contributed by atoms with Gasteiger partial charge in [0.2, 0.25) is 0 Å². The molecular formula is C21H31Cl2N7O. The Kier molecular flexibility index (Phi) is 8.85. The minimum absolute atomic E-state index is 0. The highest BCUT2D eigenvalue weighted by Crippen LogP contribution is 2.22. The van der Waals surface area contributed by atoms with Crippen molar-refractivity contribution < 1.29 is 4.79 Å². The van der Waals surface area contributed by atoms with E-state index in [4.69, 9.17) is 4.98 Å². The molecule has 1 aliphatic rings. The lowest BCUT2D eigenvalue weighted by molar-refractivity contribution is 0.0948. The van der Waals surface area contributed by atoms with Crippen LogP contribution >= 0.6 is 24.8 Å². The molecule has 0 saturated carbocycles. The summed E-state index contributed by atoms with van der Waals surface area (Å²) >= 11 is 0. The predicted molar refractivity (Wildman–Crippen MR) is 127 cm³/mol. The minimum atomic E-state index is -0.171. The molecule has 2 N–H and O–H groups in total. The Balaban J connectivity index is 0.00000171. The molecule has 2 aromatic heterocycles. The Morgan fingerprint density at radius 1 is 1.23 bits per heavy atom.